The molecule has 3 amide bonds. The molecular weight excluding hydrogens is 426 g/mol. The van der Waals surface area contributed by atoms with Crippen molar-refractivity contribution < 1.29 is 19.1 Å². The number of ether oxygens (including phenoxy) is 1. The van der Waals surface area contributed by atoms with Crippen molar-refractivity contribution in [3.8, 4) is 5.75 Å². The molecule has 1 aliphatic rings. The van der Waals surface area contributed by atoms with Crippen LogP contribution in [-0.4, -0.2) is 30.9 Å². The number of amides is 3. The summed E-state index contributed by atoms with van der Waals surface area (Å²) in [6.45, 7) is 3.39. The third kappa shape index (κ3) is 4.69. The first-order valence-electron chi connectivity index (χ1n) is 8.77. The fourth-order valence-corrected chi connectivity index (χ4v) is 2.96. The first-order chi connectivity index (χ1) is 13.3. The second kappa shape index (κ2) is 8.43. The molecule has 0 atom stereocenters. The Morgan fingerprint density at radius 1 is 1.11 bits per heavy atom. The lowest BCUT2D eigenvalue weighted by Gasteiger charge is -2.29. The lowest BCUT2D eigenvalue weighted by molar-refractivity contribution is -0.123. The predicted molar refractivity (Wildman–Crippen MR) is 111 cm³/mol. The molecule has 0 bridgehead atoms. The summed E-state index contributed by atoms with van der Waals surface area (Å²) in [7, 11) is 0. The van der Waals surface area contributed by atoms with Crippen molar-refractivity contribution in [3.05, 3.63) is 46.9 Å². The van der Waals surface area contributed by atoms with E-state index in [4.69, 9.17) is 4.74 Å². The number of hydrogen-bond acceptors (Lipinski definition) is 4. The Hall–Kier alpha value is -2.87. The molecule has 2 aromatic rings. The van der Waals surface area contributed by atoms with Crippen LogP contribution in [0, 0.1) is 5.92 Å². The van der Waals surface area contributed by atoms with E-state index in [1.807, 2.05) is 13.8 Å². The molecule has 0 aliphatic carbocycles. The highest BCUT2D eigenvalue weighted by Crippen LogP contribution is 2.34. The SMILES string of the molecule is CC(C)C(=O)Nc1ccc(NC(=O)CN2C(=O)COc3cc(Br)ccc32)cc1. The van der Waals surface area contributed by atoms with Crippen molar-refractivity contribution in [1.29, 1.82) is 0 Å². The molecule has 0 fully saturated rings. The van der Waals surface area contributed by atoms with Crippen LogP contribution < -0.4 is 20.3 Å². The Labute approximate surface area is 171 Å². The Bertz CT molecular complexity index is 912. The number of carbonyl (C=O) groups is 3. The zero-order valence-electron chi connectivity index (χ0n) is 15.5. The highest BCUT2D eigenvalue weighted by Gasteiger charge is 2.27. The summed E-state index contributed by atoms with van der Waals surface area (Å²) < 4.78 is 6.25. The maximum Gasteiger partial charge on any atom is 0.265 e. The lowest BCUT2D eigenvalue weighted by atomic mass is 10.2. The van der Waals surface area contributed by atoms with Crippen LogP contribution >= 0.6 is 15.9 Å². The molecule has 0 radical (unpaired) electrons. The quantitative estimate of drug-likeness (QED) is 0.737. The molecule has 2 aromatic carbocycles. The van der Waals surface area contributed by atoms with Gasteiger partial charge in [-0.15, -0.1) is 0 Å². The van der Waals surface area contributed by atoms with E-state index < -0.39 is 0 Å². The van der Waals surface area contributed by atoms with Gasteiger partial charge in [-0.05, 0) is 42.5 Å². The molecular formula is C20H20BrN3O4. The number of fused-ring (bicyclic) bond motifs is 1. The van der Waals surface area contributed by atoms with Crippen LogP contribution in [0.25, 0.3) is 0 Å². The van der Waals surface area contributed by atoms with Crippen LogP contribution in [0.3, 0.4) is 0 Å². The van der Waals surface area contributed by atoms with Gasteiger partial charge in [0.05, 0.1) is 5.69 Å². The van der Waals surface area contributed by atoms with E-state index in [1.54, 1.807) is 42.5 Å². The first kappa shape index (κ1) is 19.9. The summed E-state index contributed by atoms with van der Waals surface area (Å²) in [5.74, 6) is -0.256. The van der Waals surface area contributed by atoms with E-state index in [2.05, 4.69) is 26.6 Å². The van der Waals surface area contributed by atoms with Gasteiger partial charge in [0.25, 0.3) is 5.91 Å². The molecule has 7 nitrogen and oxygen atoms in total. The summed E-state index contributed by atoms with van der Waals surface area (Å²) in [4.78, 5) is 37.7. The molecule has 8 heteroatoms. The Morgan fingerprint density at radius 2 is 1.75 bits per heavy atom. The summed E-state index contributed by atoms with van der Waals surface area (Å²) >= 11 is 3.36. The van der Waals surface area contributed by atoms with Gasteiger partial charge in [0.1, 0.15) is 12.3 Å². The van der Waals surface area contributed by atoms with Crippen LogP contribution in [-0.2, 0) is 14.4 Å². The van der Waals surface area contributed by atoms with E-state index in [0.29, 0.717) is 22.8 Å². The molecule has 0 spiro atoms. The molecule has 28 heavy (non-hydrogen) atoms. The van der Waals surface area contributed by atoms with Crippen molar-refractivity contribution in [1.82, 2.24) is 0 Å². The fraction of sp³-hybridized carbons (Fsp3) is 0.250. The molecule has 0 saturated heterocycles. The van der Waals surface area contributed by atoms with Gasteiger partial charge in [-0.25, -0.2) is 0 Å². The Kier molecular flexibility index (Phi) is 5.99. The Morgan fingerprint density at radius 3 is 2.39 bits per heavy atom. The Balaban J connectivity index is 1.64. The van der Waals surface area contributed by atoms with Crippen LogP contribution in [0.5, 0.6) is 5.75 Å². The highest BCUT2D eigenvalue weighted by molar-refractivity contribution is 9.10. The van der Waals surface area contributed by atoms with Gasteiger partial charge >= 0.3 is 0 Å². The van der Waals surface area contributed by atoms with Gasteiger partial charge in [-0.3, -0.25) is 19.3 Å². The monoisotopic (exact) mass is 445 g/mol. The molecule has 1 aliphatic heterocycles. The van der Waals surface area contributed by atoms with Crippen LogP contribution in [0.2, 0.25) is 0 Å². The maximum absolute atomic E-state index is 12.4. The molecule has 2 N–H and O–H groups in total. The van der Waals surface area contributed by atoms with Crippen molar-refractivity contribution >= 4 is 50.7 Å². The highest BCUT2D eigenvalue weighted by atomic mass is 79.9. The van der Waals surface area contributed by atoms with Crippen molar-refractivity contribution in [2.45, 2.75) is 13.8 Å². The van der Waals surface area contributed by atoms with Gasteiger partial charge in [-0.2, -0.15) is 0 Å². The van der Waals surface area contributed by atoms with Crippen LogP contribution in [0.1, 0.15) is 13.8 Å². The normalized spacial score (nSPS) is 13.0. The number of nitrogens with zero attached hydrogens (tertiary/aromatic N) is 1. The van der Waals surface area contributed by atoms with Gasteiger partial charge in [0.15, 0.2) is 6.61 Å². The van der Waals surface area contributed by atoms with E-state index in [1.165, 1.54) is 4.90 Å². The van der Waals surface area contributed by atoms with Gasteiger partial charge < -0.3 is 15.4 Å². The topological polar surface area (TPSA) is 87.7 Å². The van der Waals surface area contributed by atoms with Gasteiger partial charge in [0, 0.05) is 21.8 Å². The third-order valence-electron chi connectivity index (χ3n) is 4.13. The van der Waals surface area contributed by atoms with E-state index in [-0.39, 0.29) is 36.8 Å². The second-order valence-corrected chi connectivity index (χ2v) is 7.57. The number of benzene rings is 2. The van der Waals surface area contributed by atoms with E-state index >= 15 is 0 Å². The molecule has 0 unspecified atom stereocenters. The molecule has 1 heterocycles. The average Bonchev–Trinajstić information content (AvgIpc) is 2.65. The maximum atomic E-state index is 12.4. The summed E-state index contributed by atoms with van der Waals surface area (Å²) in [5, 5.41) is 5.55. The van der Waals surface area contributed by atoms with E-state index in [9.17, 15) is 14.4 Å². The second-order valence-electron chi connectivity index (χ2n) is 6.65. The van der Waals surface area contributed by atoms with Gasteiger partial charge in [0.2, 0.25) is 11.8 Å². The van der Waals surface area contributed by atoms with E-state index in [0.717, 1.165) is 4.47 Å². The number of carbonyl (C=O) groups excluding carboxylic acids is 3. The third-order valence-corrected chi connectivity index (χ3v) is 4.62. The zero-order valence-corrected chi connectivity index (χ0v) is 17.1. The summed E-state index contributed by atoms with van der Waals surface area (Å²) in [5.41, 5.74) is 1.78. The number of halogens is 1. The minimum atomic E-state index is -0.330. The molecule has 3 rings (SSSR count). The standard InChI is InChI=1S/C20H20BrN3O4/c1-12(2)20(27)23-15-6-4-14(5-7-15)22-18(25)10-24-16-8-3-13(21)9-17(16)28-11-19(24)26/h3-9,12H,10-11H2,1-2H3,(H,22,25)(H,23,27). The zero-order chi connectivity index (χ0) is 20.3. The number of hydrogen-bond donors (Lipinski definition) is 2. The lowest BCUT2D eigenvalue weighted by Crippen LogP contribution is -2.43. The number of nitrogens with one attached hydrogen (secondary N) is 2. The van der Waals surface area contributed by atoms with Gasteiger partial charge in [-0.1, -0.05) is 29.8 Å². The number of anilines is 3. The fourth-order valence-electron chi connectivity index (χ4n) is 2.62. The molecule has 146 valence electrons. The average molecular weight is 446 g/mol. The summed E-state index contributed by atoms with van der Waals surface area (Å²) in [6, 6.07) is 12.1. The first-order valence-corrected chi connectivity index (χ1v) is 9.56. The minimum absolute atomic E-state index is 0.0760. The van der Waals surface area contributed by atoms with Crippen molar-refractivity contribution in [2.24, 2.45) is 5.92 Å². The summed E-state index contributed by atoms with van der Waals surface area (Å²) in [6.07, 6.45) is 0. The smallest absolute Gasteiger partial charge is 0.265 e. The molecule has 0 saturated carbocycles. The van der Waals surface area contributed by atoms with Crippen molar-refractivity contribution in [3.63, 3.8) is 0 Å². The largest absolute Gasteiger partial charge is 0.482 e. The van der Waals surface area contributed by atoms with Crippen molar-refractivity contribution in [2.75, 3.05) is 28.7 Å². The number of rotatable bonds is 5. The minimum Gasteiger partial charge on any atom is -0.482 e. The van der Waals surface area contributed by atoms with Crippen LogP contribution in [0.15, 0.2) is 46.9 Å². The molecule has 0 aromatic heterocycles. The predicted octanol–water partition coefficient (Wildman–Crippen LogP) is 3.41. The van der Waals surface area contributed by atoms with Crippen LogP contribution in [0.4, 0.5) is 17.1 Å².